The maximum atomic E-state index is 12.7. The summed E-state index contributed by atoms with van der Waals surface area (Å²) in [6.45, 7) is 5.77. The summed E-state index contributed by atoms with van der Waals surface area (Å²) in [6.07, 6.45) is 7.50. The Hall–Kier alpha value is -2.63. The Morgan fingerprint density at radius 3 is 2.39 bits per heavy atom. The molecule has 150 valence electrons. The van der Waals surface area contributed by atoms with Crippen molar-refractivity contribution in [1.82, 2.24) is 9.97 Å². The van der Waals surface area contributed by atoms with Crippen molar-refractivity contribution in [3.8, 4) is 5.75 Å². The smallest absolute Gasteiger partial charge is 0.274 e. The number of nitrogens with one attached hydrogen (secondary N) is 2. The predicted octanol–water partition coefficient (Wildman–Crippen LogP) is 4.96. The molecule has 1 fully saturated rings. The van der Waals surface area contributed by atoms with Crippen molar-refractivity contribution in [3.05, 3.63) is 41.9 Å². The topological polar surface area (TPSA) is 76.1 Å². The van der Waals surface area contributed by atoms with Gasteiger partial charge in [-0.15, -0.1) is 0 Å². The highest BCUT2D eigenvalue weighted by Gasteiger charge is 2.15. The molecule has 6 nitrogen and oxygen atoms in total. The minimum absolute atomic E-state index is 0.115. The first kappa shape index (κ1) is 20.1. The van der Waals surface area contributed by atoms with Gasteiger partial charge in [0.1, 0.15) is 23.1 Å². The van der Waals surface area contributed by atoms with E-state index in [2.05, 4.69) is 20.6 Å². The fourth-order valence-electron chi connectivity index (χ4n) is 3.47. The van der Waals surface area contributed by atoms with E-state index in [1.54, 1.807) is 6.07 Å². The Morgan fingerprint density at radius 2 is 1.75 bits per heavy atom. The zero-order valence-corrected chi connectivity index (χ0v) is 17.0. The van der Waals surface area contributed by atoms with Gasteiger partial charge in [-0.3, -0.25) is 4.79 Å². The van der Waals surface area contributed by atoms with Gasteiger partial charge in [-0.1, -0.05) is 25.7 Å². The van der Waals surface area contributed by atoms with Crippen LogP contribution in [0, 0.1) is 6.92 Å². The van der Waals surface area contributed by atoms with E-state index in [1.807, 2.05) is 45.0 Å². The molecule has 1 aliphatic carbocycles. The number of benzene rings is 1. The van der Waals surface area contributed by atoms with Gasteiger partial charge >= 0.3 is 0 Å². The van der Waals surface area contributed by atoms with Crippen molar-refractivity contribution < 1.29 is 9.53 Å². The molecule has 1 amide bonds. The molecule has 1 saturated carbocycles. The van der Waals surface area contributed by atoms with Gasteiger partial charge in [-0.25, -0.2) is 9.97 Å². The Bertz CT molecular complexity index is 782. The number of aryl methyl sites for hydroxylation is 1. The quantitative estimate of drug-likeness (QED) is 0.691. The van der Waals surface area contributed by atoms with Gasteiger partial charge in [-0.05, 0) is 57.9 Å². The molecule has 3 rings (SSSR count). The molecule has 0 aliphatic heterocycles. The molecule has 2 aromatic rings. The highest BCUT2D eigenvalue weighted by atomic mass is 16.5. The Balaban J connectivity index is 1.66. The summed E-state index contributed by atoms with van der Waals surface area (Å²) in [5.74, 6) is 1.85. The van der Waals surface area contributed by atoms with Crippen molar-refractivity contribution in [2.24, 2.45) is 0 Å². The van der Waals surface area contributed by atoms with Crippen molar-refractivity contribution in [2.75, 3.05) is 10.6 Å². The van der Waals surface area contributed by atoms with Crippen LogP contribution in [0.25, 0.3) is 0 Å². The average Bonchev–Trinajstić information content (AvgIpc) is 2.91. The normalized spacial score (nSPS) is 15.1. The standard InChI is InChI=1S/C22H30N4O2/c1-15(2)28-19-12-10-18(11-13-19)26-22(27)20-14-21(24-16(3)23-20)25-17-8-6-4-5-7-9-17/h10-15,17H,4-9H2,1-3H3,(H,26,27)(H,23,24,25). The van der Waals surface area contributed by atoms with E-state index in [-0.39, 0.29) is 12.0 Å². The van der Waals surface area contributed by atoms with Crippen LogP contribution in [-0.2, 0) is 0 Å². The summed E-state index contributed by atoms with van der Waals surface area (Å²) >= 11 is 0. The van der Waals surface area contributed by atoms with Crippen LogP contribution in [-0.4, -0.2) is 28.0 Å². The summed E-state index contributed by atoms with van der Waals surface area (Å²) in [5.41, 5.74) is 1.07. The van der Waals surface area contributed by atoms with Gasteiger partial charge in [0.2, 0.25) is 0 Å². The van der Waals surface area contributed by atoms with E-state index in [1.165, 1.54) is 25.7 Å². The number of hydrogen-bond acceptors (Lipinski definition) is 5. The number of amides is 1. The van der Waals surface area contributed by atoms with Crippen LogP contribution in [0.4, 0.5) is 11.5 Å². The molecular formula is C22H30N4O2. The van der Waals surface area contributed by atoms with Crippen molar-refractivity contribution in [3.63, 3.8) is 0 Å². The molecule has 1 aromatic carbocycles. The lowest BCUT2D eigenvalue weighted by atomic mass is 10.1. The maximum absolute atomic E-state index is 12.7. The van der Waals surface area contributed by atoms with Gasteiger partial charge < -0.3 is 15.4 Å². The molecule has 2 N–H and O–H groups in total. The maximum Gasteiger partial charge on any atom is 0.274 e. The second-order valence-corrected chi connectivity index (χ2v) is 7.66. The predicted molar refractivity (Wildman–Crippen MR) is 112 cm³/mol. The van der Waals surface area contributed by atoms with E-state index in [0.717, 1.165) is 24.4 Å². The van der Waals surface area contributed by atoms with E-state index >= 15 is 0 Å². The van der Waals surface area contributed by atoms with E-state index in [0.29, 0.717) is 23.2 Å². The first-order chi connectivity index (χ1) is 13.5. The summed E-state index contributed by atoms with van der Waals surface area (Å²) in [6, 6.07) is 9.51. The van der Waals surface area contributed by atoms with Crippen molar-refractivity contribution in [2.45, 2.75) is 71.4 Å². The molecule has 0 saturated heterocycles. The van der Waals surface area contributed by atoms with Crippen LogP contribution in [0.15, 0.2) is 30.3 Å². The number of rotatable bonds is 6. The first-order valence-corrected chi connectivity index (χ1v) is 10.2. The number of aromatic nitrogens is 2. The fourth-order valence-corrected chi connectivity index (χ4v) is 3.47. The molecule has 0 spiro atoms. The second kappa shape index (κ2) is 9.53. The lowest BCUT2D eigenvalue weighted by Crippen LogP contribution is -2.21. The second-order valence-electron chi connectivity index (χ2n) is 7.66. The number of carbonyl (C=O) groups is 1. The van der Waals surface area contributed by atoms with E-state index in [4.69, 9.17) is 4.74 Å². The molecule has 0 unspecified atom stereocenters. The first-order valence-electron chi connectivity index (χ1n) is 10.2. The fraction of sp³-hybridized carbons (Fsp3) is 0.500. The third-order valence-electron chi connectivity index (χ3n) is 4.76. The molecule has 0 radical (unpaired) electrons. The highest BCUT2D eigenvalue weighted by Crippen LogP contribution is 2.21. The summed E-state index contributed by atoms with van der Waals surface area (Å²) < 4.78 is 5.63. The number of carbonyl (C=O) groups excluding carboxylic acids is 1. The molecule has 1 heterocycles. The van der Waals surface area contributed by atoms with E-state index in [9.17, 15) is 4.79 Å². The van der Waals surface area contributed by atoms with Gasteiger partial charge in [0.05, 0.1) is 6.10 Å². The summed E-state index contributed by atoms with van der Waals surface area (Å²) in [5, 5.41) is 6.39. The van der Waals surface area contributed by atoms with Crippen LogP contribution >= 0.6 is 0 Å². The molecule has 0 bridgehead atoms. The lowest BCUT2D eigenvalue weighted by molar-refractivity contribution is 0.102. The van der Waals surface area contributed by atoms with Gasteiger partial charge in [0, 0.05) is 17.8 Å². The minimum Gasteiger partial charge on any atom is -0.491 e. The molecule has 6 heteroatoms. The van der Waals surface area contributed by atoms with Crippen molar-refractivity contribution >= 4 is 17.4 Å². The number of anilines is 2. The van der Waals surface area contributed by atoms with Crippen LogP contribution in [0.5, 0.6) is 5.75 Å². The van der Waals surface area contributed by atoms with Gasteiger partial charge in [0.25, 0.3) is 5.91 Å². The van der Waals surface area contributed by atoms with Crippen LogP contribution in [0.2, 0.25) is 0 Å². The van der Waals surface area contributed by atoms with E-state index < -0.39 is 0 Å². The zero-order valence-electron chi connectivity index (χ0n) is 17.0. The zero-order chi connectivity index (χ0) is 19.9. The number of nitrogens with zero attached hydrogens (tertiary/aromatic N) is 2. The third-order valence-corrected chi connectivity index (χ3v) is 4.76. The van der Waals surface area contributed by atoms with Gasteiger partial charge in [0.15, 0.2) is 0 Å². The van der Waals surface area contributed by atoms with Crippen LogP contribution in [0.1, 0.15) is 68.7 Å². The third kappa shape index (κ3) is 5.94. The monoisotopic (exact) mass is 382 g/mol. The molecule has 28 heavy (non-hydrogen) atoms. The molecule has 0 atom stereocenters. The summed E-state index contributed by atoms with van der Waals surface area (Å²) in [4.78, 5) is 21.4. The average molecular weight is 383 g/mol. The SMILES string of the molecule is Cc1nc(NC2CCCCCC2)cc(C(=O)Nc2ccc(OC(C)C)cc2)n1. The Labute approximate surface area is 167 Å². The Morgan fingerprint density at radius 1 is 1.07 bits per heavy atom. The largest absolute Gasteiger partial charge is 0.491 e. The van der Waals surface area contributed by atoms with Crippen LogP contribution < -0.4 is 15.4 Å². The minimum atomic E-state index is -0.244. The van der Waals surface area contributed by atoms with Gasteiger partial charge in [-0.2, -0.15) is 0 Å². The lowest BCUT2D eigenvalue weighted by Gasteiger charge is -2.17. The summed E-state index contributed by atoms with van der Waals surface area (Å²) in [7, 11) is 0. The molecule has 1 aromatic heterocycles. The highest BCUT2D eigenvalue weighted by molar-refractivity contribution is 6.03. The number of hydrogen-bond donors (Lipinski definition) is 2. The van der Waals surface area contributed by atoms with Crippen LogP contribution in [0.3, 0.4) is 0 Å². The Kier molecular flexibility index (Phi) is 6.85. The van der Waals surface area contributed by atoms with Crippen molar-refractivity contribution in [1.29, 1.82) is 0 Å². The molecular weight excluding hydrogens is 352 g/mol. The number of ether oxygens (including phenoxy) is 1. The molecule has 1 aliphatic rings.